The monoisotopic (exact) mass is 261 g/mol. The zero-order valence-electron chi connectivity index (χ0n) is 12.5. The highest BCUT2D eigenvalue weighted by Gasteiger charge is 2.38. The lowest BCUT2D eigenvalue weighted by Gasteiger charge is -2.38. The van der Waals surface area contributed by atoms with Crippen molar-refractivity contribution in [3.63, 3.8) is 0 Å². The molecule has 5 heteroatoms. The fourth-order valence-corrected chi connectivity index (χ4v) is 2.64. The van der Waals surface area contributed by atoms with E-state index in [9.17, 15) is 4.79 Å². The Balaban J connectivity index is 4.37. The number of hydrogen-bond acceptors (Lipinski definition) is 3. The lowest BCUT2D eigenvalue weighted by Crippen LogP contribution is -2.44. The molecule has 0 bridgehead atoms. The van der Waals surface area contributed by atoms with Crippen molar-refractivity contribution in [2.75, 3.05) is 14.2 Å². The molecule has 0 spiro atoms. The molecule has 0 saturated carbocycles. The molecule has 102 valence electrons. The fraction of sp³-hybridized carbons (Fsp3) is 0.917. The van der Waals surface area contributed by atoms with E-state index in [0.717, 1.165) is 0 Å². The van der Waals surface area contributed by atoms with Gasteiger partial charge in [-0.15, -0.1) is 0 Å². The van der Waals surface area contributed by atoms with Crippen molar-refractivity contribution in [2.45, 2.75) is 58.4 Å². The first kappa shape index (κ1) is 16.6. The number of amides is 1. The molecule has 17 heavy (non-hydrogen) atoms. The van der Waals surface area contributed by atoms with Gasteiger partial charge in [0, 0.05) is 7.05 Å². The summed E-state index contributed by atoms with van der Waals surface area (Å²) in [7, 11) is 1.30. The summed E-state index contributed by atoms with van der Waals surface area (Å²) in [6.45, 7) is 12.9. The topological polar surface area (TPSA) is 38.8 Å². The van der Waals surface area contributed by atoms with Crippen LogP contribution >= 0.6 is 0 Å². The Labute approximate surface area is 106 Å². The zero-order valence-corrected chi connectivity index (χ0v) is 13.5. The molecular weight excluding hydrogens is 234 g/mol. The lowest BCUT2D eigenvalue weighted by atomic mass is 10.2. The number of hydrogen-bond donors (Lipinski definition) is 0. The zero-order chi connectivity index (χ0) is 13.9. The molecule has 0 aliphatic carbocycles. The minimum absolute atomic E-state index is 0.0568. The van der Waals surface area contributed by atoms with Crippen molar-refractivity contribution in [3.05, 3.63) is 0 Å². The molecule has 0 radical (unpaired) electrons. The second kappa shape index (κ2) is 5.98. The van der Waals surface area contributed by atoms with Crippen LogP contribution in [0, 0.1) is 0 Å². The smallest absolute Gasteiger partial charge is 0.248 e. The Morgan fingerprint density at radius 2 is 1.82 bits per heavy atom. The molecule has 0 aliphatic rings. The lowest BCUT2D eigenvalue weighted by molar-refractivity contribution is -0.170. The molecular formula is C12H27NO3Si. The summed E-state index contributed by atoms with van der Waals surface area (Å²) in [5.74, 6) is -0.0568. The van der Waals surface area contributed by atoms with E-state index in [1.54, 1.807) is 7.05 Å². The molecule has 0 saturated heterocycles. The van der Waals surface area contributed by atoms with Crippen LogP contribution in [-0.4, -0.2) is 39.5 Å². The van der Waals surface area contributed by atoms with Gasteiger partial charge in [-0.3, -0.25) is 9.63 Å². The third kappa shape index (κ3) is 5.19. The highest BCUT2D eigenvalue weighted by molar-refractivity contribution is 6.74. The van der Waals surface area contributed by atoms with E-state index in [1.165, 1.54) is 12.2 Å². The van der Waals surface area contributed by atoms with Gasteiger partial charge in [-0.2, -0.15) is 0 Å². The van der Waals surface area contributed by atoms with Crippen LogP contribution < -0.4 is 0 Å². The van der Waals surface area contributed by atoms with Gasteiger partial charge in [0.2, 0.25) is 5.91 Å². The van der Waals surface area contributed by atoms with E-state index < -0.39 is 8.32 Å². The molecule has 0 unspecified atom stereocenters. The van der Waals surface area contributed by atoms with Crippen molar-refractivity contribution in [2.24, 2.45) is 0 Å². The van der Waals surface area contributed by atoms with Crippen LogP contribution in [-0.2, 0) is 14.1 Å². The fourth-order valence-electron chi connectivity index (χ4n) is 1.20. The van der Waals surface area contributed by atoms with Gasteiger partial charge in [0.25, 0.3) is 0 Å². The Morgan fingerprint density at radius 3 is 2.18 bits per heavy atom. The number of carbonyl (C=O) groups excluding carboxylic acids is 1. The van der Waals surface area contributed by atoms with Gasteiger partial charge in [0.05, 0.1) is 19.6 Å². The second-order valence-corrected chi connectivity index (χ2v) is 10.7. The van der Waals surface area contributed by atoms with Crippen LogP contribution in [0.2, 0.25) is 18.1 Å². The van der Waals surface area contributed by atoms with Gasteiger partial charge in [-0.1, -0.05) is 20.8 Å². The van der Waals surface area contributed by atoms with Crippen molar-refractivity contribution >= 4 is 14.2 Å². The molecule has 0 aromatic heterocycles. The standard InChI is InChI=1S/C12H27NO3Si/c1-10(9-11(14)13(5)15-6)16-17(7,8)12(2,3)4/h10H,9H2,1-8H3/t10-/m0/s1. The molecule has 0 N–H and O–H groups in total. The van der Waals surface area contributed by atoms with E-state index in [-0.39, 0.29) is 17.0 Å². The molecule has 0 aromatic carbocycles. The van der Waals surface area contributed by atoms with Crippen molar-refractivity contribution < 1.29 is 14.1 Å². The van der Waals surface area contributed by atoms with Crippen LogP contribution in [0.15, 0.2) is 0 Å². The average molecular weight is 261 g/mol. The number of rotatable bonds is 5. The molecule has 0 heterocycles. The third-order valence-corrected chi connectivity index (χ3v) is 7.99. The van der Waals surface area contributed by atoms with E-state index in [2.05, 4.69) is 33.9 Å². The molecule has 1 atom stereocenters. The van der Waals surface area contributed by atoms with Gasteiger partial charge >= 0.3 is 0 Å². The summed E-state index contributed by atoms with van der Waals surface area (Å²) in [5.41, 5.74) is 0. The molecule has 0 aromatic rings. The molecule has 0 rings (SSSR count). The molecule has 1 amide bonds. The Kier molecular flexibility index (Phi) is 5.84. The number of carbonyl (C=O) groups is 1. The predicted octanol–water partition coefficient (Wildman–Crippen LogP) is 2.81. The maximum absolute atomic E-state index is 11.7. The number of hydroxylamine groups is 2. The van der Waals surface area contributed by atoms with E-state index in [4.69, 9.17) is 9.26 Å². The highest BCUT2D eigenvalue weighted by Crippen LogP contribution is 2.37. The minimum Gasteiger partial charge on any atom is -0.414 e. The normalized spacial score (nSPS) is 14.6. The molecule has 4 nitrogen and oxygen atoms in total. The largest absolute Gasteiger partial charge is 0.414 e. The second-order valence-electron chi connectivity index (χ2n) is 5.97. The summed E-state index contributed by atoms with van der Waals surface area (Å²) in [4.78, 5) is 16.5. The van der Waals surface area contributed by atoms with Crippen molar-refractivity contribution in [3.8, 4) is 0 Å². The number of nitrogens with zero attached hydrogens (tertiary/aromatic N) is 1. The van der Waals surface area contributed by atoms with Crippen LogP contribution in [0.25, 0.3) is 0 Å². The SMILES string of the molecule is CON(C)C(=O)C[C@H](C)O[Si](C)(C)C(C)(C)C. The van der Waals surface area contributed by atoms with Crippen LogP contribution in [0.5, 0.6) is 0 Å². The third-order valence-electron chi connectivity index (χ3n) is 3.39. The predicted molar refractivity (Wildman–Crippen MR) is 72.1 cm³/mol. The Bertz CT molecular complexity index is 261. The maximum Gasteiger partial charge on any atom is 0.248 e. The van der Waals surface area contributed by atoms with E-state index in [0.29, 0.717) is 6.42 Å². The van der Waals surface area contributed by atoms with Gasteiger partial charge < -0.3 is 4.43 Å². The van der Waals surface area contributed by atoms with Crippen molar-refractivity contribution in [1.29, 1.82) is 0 Å². The van der Waals surface area contributed by atoms with Crippen LogP contribution in [0.1, 0.15) is 34.1 Å². The van der Waals surface area contributed by atoms with Gasteiger partial charge in [-0.25, -0.2) is 5.06 Å². The van der Waals surface area contributed by atoms with Crippen LogP contribution in [0.4, 0.5) is 0 Å². The highest BCUT2D eigenvalue weighted by atomic mass is 28.4. The first-order valence-electron chi connectivity index (χ1n) is 5.99. The molecule has 0 aliphatic heterocycles. The maximum atomic E-state index is 11.7. The first-order chi connectivity index (χ1) is 7.51. The summed E-state index contributed by atoms with van der Waals surface area (Å²) in [6.07, 6.45) is 0.289. The Hall–Kier alpha value is -0.393. The first-order valence-corrected chi connectivity index (χ1v) is 8.90. The summed E-state index contributed by atoms with van der Waals surface area (Å²) >= 11 is 0. The van der Waals surface area contributed by atoms with E-state index >= 15 is 0 Å². The van der Waals surface area contributed by atoms with Gasteiger partial charge in [0.1, 0.15) is 0 Å². The molecule has 0 fully saturated rings. The van der Waals surface area contributed by atoms with Gasteiger partial charge in [0.15, 0.2) is 8.32 Å². The Morgan fingerprint density at radius 1 is 1.35 bits per heavy atom. The minimum atomic E-state index is -1.79. The summed E-state index contributed by atoms with van der Waals surface area (Å²) in [5, 5.41) is 1.41. The van der Waals surface area contributed by atoms with E-state index in [1.807, 2.05) is 6.92 Å². The van der Waals surface area contributed by atoms with Gasteiger partial charge in [-0.05, 0) is 25.1 Å². The average Bonchev–Trinajstić information content (AvgIpc) is 2.13. The summed E-state index contributed by atoms with van der Waals surface area (Å²) < 4.78 is 6.10. The quantitative estimate of drug-likeness (QED) is 0.564. The van der Waals surface area contributed by atoms with Crippen LogP contribution in [0.3, 0.4) is 0 Å². The van der Waals surface area contributed by atoms with Crippen molar-refractivity contribution in [1.82, 2.24) is 5.06 Å². The summed E-state index contributed by atoms with van der Waals surface area (Å²) in [6, 6.07) is 0.